The minimum absolute atomic E-state index is 0.596. The van der Waals surface area contributed by atoms with Crippen molar-refractivity contribution in [2.75, 3.05) is 25.0 Å². The minimum atomic E-state index is 0.596. The molecule has 0 bridgehead atoms. The monoisotopic (exact) mass is 191 g/mol. The second kappa shape index (κ2) is 4.42. The first-order chi connectivity index (χ1) is 6.88. The molecule has 3 nitrogen and oxygen atoms in total. The van der Waals surface area contributed by atoms with Crippen LogP contribution in [0.4, 0.5) is 5.82 Å². The van der Waals surface area contributed by atoms with Gasteiger partial charge in [0.25, 0.3) is 0 Å². The van der Waals surface area contributed by atoms with E-state index in [4.69, 9.17) is 0 Å². The Morgan fingerprint density at radius 1 is 1.50 bits per heavy atom. The number of piperidine rings is 1. The van der Waals surface area contributed by atoms with Crippen LogP contribution in [-0.2, 0) is 0 Å². The zero-order valence-electron chi connectivity index (χ0n) is 8.61. The van der Waals surface area contributed by atoms with E-state index in [0.717, 1.165) is 18.9 Å². The number of anilines is 1. The van der Waals surface area contributed by atoms with Crippen molar-refractivity contribution >= 4 is 5.82 Å². The van der Waals surface area contributed by atoms with E-state index in [1.54, 1.807) is 0 Å². The molecule has 1 aromatic rings. The molecule has 2 heterocycles. The molecule has 1 N–H and O–H groups in total. The van der Waals surface area contributed by atoms with E-state index in [1.807, 2.05) is 18.3 Å². The zero-order valence-corrected chi connectivity index (χ0v) is 8.61. The van der Waals surface area contributed by atoms with Gasteiger partial charge in [-0.1, -0.05) is 6.07 Å². The van der Waals surface area contributed by atoms with E-state index < -0.39 is 0 Å². The topological polar surface area (TPSA) is 28.2 Å². The van der Waals surface area contributed by atoms with Crippen LogP contribution in [0.1, 0.15) is 12.8 Å². The standard InChI is InChI=1S/C11H17N3/c1-14(10-5-4-7-12-9-10)11-6-2-3-8-13-11/h2-3,6,8,10,12H,4-5,7,9H2,1H3. The molecule has 2 rings (SSSR count). The molecule has 1 fully saturated rings. The highest BCUT2D eigenvalue weighted by molar-refractivity contribution is 5.38. The van der Waals surface area contributed by atoms with Crippen molar-refractivity contribution in [2.24, 2.45) is 0 Å². The molecular formula is C11H17N3. The largest absolute Gasteiger partial charge is 0.355 e. The van der Waals surface area contributed by atoms with Crippen LogP contribution in [0.5, 0.6) is 0 Å². The zero-order chi connectivity index (χ0) is 9.80. The molecule has 76 valence electrons. The van der Waals surface area contributed by atoms with Crippen molar-refractivity contribution in [3.05, 3.63) is 24.4 Å². The van der Waals surface area contributed by atoms with Gasteiger partial charge >= 0.3 is 0 Å². The maximum atomic E-state index is 4.35. The van der Waals surface area contributed by atoms with E-state index in [2.05, 4.69) is 28.3 Å². The summed E-state index contributed by atoms with van der Waals surface area (Å²) < 4.78 is 0. The summed E-state index contributed by atoms with van der Waals surface area (Å²) in [5, 5.41) is 3.42. The van der Waals surface area contributed by atoms with Gasteiger partial charge in [-0.25, -0.2) is 4.98 Å². The van der Waals surface area contributed by atoms with E-state index in [-0.39, 0.29) is 0 Å². The summed E-state index contributed by atoms with van der Waals surface area (Å²) in [5.74, 6) is 1.07. The lowest BCUT2D eigenvalue weighted by molar-refractivity contribution is 0.443. The fourth-order valence-corrected chi connectivity index (χ4v) is 1.91. The van der Waals surface area contributed by atoms with Crippen molar-refractivity contribution in [3.63, 3.8) is 0 Å². The number of rotatable bonds is 2. The summed E-state index contributed by atoms with van der Waals surface area (Å²) in [6.07, 6.45) is 4.38. The third-order valence-corrected chi connectivity index (χ3v) is 2.83. The van der Waals surface area contributed by atoms with Crippen molar-refractivity contribution in [1.29, 1.82) is 0 Å². The summed E-state index contributed by atoms with van der Waals surface area (Å²) in [6.45, 7) is 2.24. The number of likely N-dealkylation sites (N-methyl/N-ethyl adjacent to an activating group) is 1. The molecular weight excluding hydrogens is 174 g/mol. The lowest BCUT2D eigenvalue weighted by Gasteiger charge is -2.32. The Balaban J connectivity index is 2.03. The molecule has 1 atom stereocenters. The SMILES string of the molecule is CN(c1ccccn1)C1CCCNC1. The highest BCUT2D eigenvalue weighted by Gasteiger charge is 2.18. The van der Waals surface area contributed by atoms with Gasteiger partial charge in [-0.05, 0) is 31.5 Å². The average molecular weight is 191 g/mol. The van der Waals surface area contributed by atoms with Gasteiger partial charge in [0.05, 0.1) is 0 Å². The quantitative estimate of drug-likeness (QED) is 0.763. The normalized spacial score (nSPS) is 21.9. The molecule has 0 radical (unpaired) electrons. The van der Waals surface area contributed by atoms with Gasteiger partial charge in [0.1, 0.15) is 5.82 Å². The Labute approximate surface area is 85.1 Å². The van der Waals surface area contributed by atoms with Crippen molar-refractivity contribution in [3.8, 4) is 0 Å². The number of aromatic nitrogens is 1. The third-order valence-electron chi connectivity index (χ3n) is 2.83. The highest BCUT2D eigenvalue weighted by Crippen LogP contribution is 2.15. The van der Waals surface area contributed by atoms with Crippen LogP contribution in [0.25, 0.3) is 0 Å². The molecule has 1 aliphatic rings. The molecule has 3 heteroatoms. The molecule has 1 aromatic heterocycles. The lowest BCUT2D eigenvalue weighted by atomic mass is 10.1. The minimum Gasteiger partial charge on any atom is -0.355 e. The van der Waals surface area contributed by atoms with Crippen molar-refractivity contribution < 1.29 is 0 Å². The molecule has 0 aliphatic carbocycles. The van der Waals surface area contributed by atoms with Crippen molar-refractivity contribution in [1.82, 2.24) is 10.3 Å². The van der Waals surface area contributed by atoms with E-state index in [1.165, 1.54) is 12.8 Å². The number of hydrogen-bond donors (Lipinski definition) is 1. The lowest BCUT2D eigenvalue weighted by Crippen LogP contribution is -2.44. The second-order valence-corrected chi connectivity index (χ2v) is 3.80. The molecule has 0 aromatic carbocycles. The van der Waals surface area contributed by atoms with E-state index in [0.29, 0.717) is 6.04 Å². The van der Waals surface area contributed by atoms with Gasteiger partial charge in [-0.15, -0.1) is 0 Å². The Morgan fingerprint density at radius 2 is 2.43 bits per heavy atom. The molecule has 0 saturated carbocycles. The van der Waals surface area contributed by atoms with Crippen LogP contribution in [0.2, 0.25) is 0 Å². The van der Waals surface area contributed by atoms with Crippen LogP contribution >= 0.6 is 0 Å². The molecule has 0 amide bonds. The number of nitrogens with zero attached hydrogens (tertiary/aromatic N) is 2. The Kier molecular flexibility index (Phi) is 2.99. The summed E-state index contributed by atoms with van der Waals surface area (Å²) >= 11 is 0. The highest BCUT2D eigenvalue weighted by atomic mass is 15.2. The van der Waals surface area contributed by atoms with Crippen LogP contribution in [0, 0.1) is 0 Å². The van der Waals surface area contributed by atoms with E-state index in [9.17, 15) is 0 Å². The van der Waals surface area contributed by atoms with Crippen LogP contribution in [0.3, 0.4) is 0 Å². The van der Waals surface area contributed by atoms with E-state index >= 15 is 0 Å². The summed E-state index contributed by atoms with van der Waals surface area (Å²) in [7, 11) is 2.12. The molecule has 0 spiro atoms. The molecule has 14 heavy (non-hydrogen) atoms. The van der Waals surface area contributed by atoms with Gasteiger partial charge in [0, 0.05) is 25.8 Å². The first-order valence-electron chi connectivity index (χ1n) is 5.22. The number of pyridine rings is 1. The van der Waals surface area contributed by atoms with Gasteiger partial charge in [0.15, 0.2) is 0 Å². The van der Waals surface area contributed by atoms with Gasteiger partial charge in [0.2, 0.25) is 0 Å². The van der Waals surface area contributed by atoms with Crippen molar-refractivity contribution in [2.45, 2.75) is 18.9 Å². The molecule has 1 unspecified atom stereocenters. The predicted octanol–water partition coefficient (Wildman–Crippen LogP) is 1.27. The average Bonchev–Trinajstić information content (AvgIpc) is 2.30. The third kappa shape index (κ3) is 2.04. The summed E-state index contributed by atoms with van der Waals surface area (Å²) in [5.41, 5.74) is 0. The van der Waals surface area contributed by atoms with Crippen LogP contribution in [0.15, 0.2) is 24.4 Å². The first kappa shape index (κ1) is 9.46. The second-order valence-electron chi connectivity index (χ2n) is 3.80. The smallest absolute Gasteiger partial charge is 0.128 e. The Hall–Kier alpha value is -1.09. The molecule has 1 aliphatic heterocycles. The molecule has 1 saturated heterocycles. The van der Waals surface area contributed by atoms with Gasteiger partial charge < -0.3 is 10.2 Å². The fraction of sp³-hybridized carbons (Fsp3) is 0.545. The van der Waals surface area contributed by atoms with Gasteiger partial charge in [-0.2, -0.15) is 0 Å². The summed E-state index contributed by atoms with van der Waals surface area (Å²) in [4.78, 5) is 6.62. The predicted molar refractivity (Wildman–Crippen MR) is 58.5 cm³/mol. The maximum Gasteiger partial charge on any atom is 0.128 e. The fourth-order valence-electron chi connectivity index (χ4n) is 1.91. The maximum absolute atomic E-state index is 4.35. The number of hydrogen-bond acceptors (Lipinski definition) is 3. The first-order valence-corrected chi connectivity index (χ1v) is 5.22. The number of nitrogens with one attached hydrogen (secondary N) is 1. The summed E-state index contributed by atoms with van der Waals surface area (Å²) in [6, 6.07) is 6.65. The van der Waals surface area contributed by atoms with Gasteiger partial charge in [-0.3, -0.25) is 0 Å². The Bertz CT molecular complexity index is 267. The van der Waals surface area contributed by atoms with Crippen LogP contribution in [-0.4, -0.2) is 31.2 Å². The Morgan fingerprint density at radius 3 is 3.07 bits per heavy atom. The van der Waals surface area contributed by atoms with Crippen LogP contribution < -0.4 is 10.2 Å².